The van der Waals surface area contributed by atoms with Crippen LogP contribution in [0, 0.1) is 0 Å². The third-order valence-corrected chi connectivity index (χ3v) is 5.37. The molecule has 0 spiro atoms. The van der Waals surface area contributed by atoms with Gasteiger partial charge >= 0.3 is 6.03 Å². The number of ether oxygens (including phenoxy) is 2. The van der Waals surface area contributed by atoms with Crippen molar-refractivity contribution in [2.75, 3.05) is 48.1 Å². The number of piperidine rings is 1. The van der Waals surface area contributed by atoms with Crippen molar-refractivity contribution in [3.63, 3.8) is 0 Å². The van der Waals surface area contributed by atoms with Gasteiger partial charge in [0.25, 0.3) is 0 Å². The van der Waals surface area contributed by atoms with Gasteiger partial charge in [-0.25, -0.2) is 14.8 Å². The number of anilines is 4. The van der Waals surface area contributed by atoms with E-state index in [0.717, 1.165) is 24.5 Å². The quantitative estimate of drug-likeness (QED) is 0.470. The third kappa shape index (κ3) is 5.82. The maximum atomic E-state index is 12.5. The van der Waals surface area contributed by atoms with Gasteiger partial charge in [-0.15, -0.1) is 0 Å². The number of urea groups is 1. The number of nitrogens with zero attached hydrogens (tertiary/aromatic N) is 3. The van der Waals surface area contributed by atoms with E-state index < -0.39 is 0 Å². The van der Waals surface area contributed by atoms with Gasteiger partial charge in [0.2, 0.25) is 5.88 Å². The summed E-state index contributed by atoms with van der Waals surface area (Å²) in [5.41, 5.74) is 2.36. The first-order valence-corrected chi connectivity index (χ1v) is 10.9. The predicted octanol–water partition coefficient (Wildman–Crippen LogP) is 4.95. The standard InChI is InChI=1S/C24H28N6O3/c1-25-22-15-23(27-16-26-22)33-19-9-6-17(7-10-19)28-24(31)29-18-8-11-20(21(14-18)32-2)30-12-4-3-5-13-30/h6-11,14-16H,3-5,12-13H2,1-2H3,(H,25,26,27)(H2,28,29,31). The number of carbonyl (C=O) groups is 1. The lowest BCUT2D eigenvalue weighted by Crippen LogP contribution is -2.29. The van der Waals surface area contributed by atoms with E-state index in [2.05, 4.69) is 30.8 Å². The maximum Gasteiger partial charge on any atom is 0.323 e. The second kappa shape index (κ2) is 10.5. The Kier molecular flexibility index (Phi) is 7.09. The summed E-state index contributed by atoms with van der Waals surface area (Å²) < 4.78 is 11.3. The van der Waals surface area contributed by atoms with E-state index in [1.807, 2.05) is 18.2 Å². The van der Waals surface area contributed by atoms with Gasteiger partial charge in [-0.3, -0.25) is 0 Å². The Labute approximate surface area is 193 Å². The third-order valence-electron chi connectivity index (χ3n) is 5.37. The average molecular weight is 449 g/mol. The van der Waals surface area contributed by atoms with Gasteiger partial charge < -0.3 is 30.3 Å². The van der Waals surface area contributed by atoms with Crippen LogP contribution in [0.5, 0.6) is 17.4 Å². The molecule has 172 valence electrons. The Morgan fingerprint density at radius 1 is 0.939 bits per heavy atom. The van der Waals surface area contributed by atoms with Crippen molar-refractivity contribution in [3.8, 4) is 17.4 Å². The minimum atomic E-state index is -0.342. The summed E-state index contributed by atoms with van der Waals surface area (Å²) in [5.74, 6) is 2.44. The molecule has 1 aromatic heterocycles. The second-order valence-corrected chi connectivity index (χ2v) is 7.63. The molecule has 9 heteroatoms. The number of nitrogens with one attached hydrogen (secondary N) is 3. The highest BCUT2D eigenvalue weighted by Crippen LogP contribution is 2.33. The van der Waals surface area contributed by atoms with Crippen LogP contribution in [0.15, 0.2) is 54.9 Å². The molecule has 1 aliphatic rings. The Balaban J connectivity index is 1.35. The molecule has 2 heterocycles. The van der Waals surface area contributed by atoms with Crippen molar-refractivity contribution in [2.24, 2.45) is 0 Å². The molecule has 4 rings (SSSR count). The lowest BCUT2D eigenvalue weighted by atomic mass is 10.1. The molecular weight excluding hydrogens is 420 g/mol. The first-order valence-electron chi connectivity index (χ1n) is 10.9. The molecule has 33 heavy (non-hydrogen) atoms. The Morgan fingerprint density at radius 3 is 2.39 bits per heavy atom. The maximum absolute atomic E-state index is 12.5. The minimum Gasteiger partial charge on any atom is -0.495 e. The average Bonchev–Trinajstić information content (AvgIpc) is 2.86. The molecule has 3 N–H and O–H groups in total. The van der Waals surface area contributed by atoms with Crippen LogP contribution in [-0.4, -0.2) is 43.2 Å². The number of hydrogen-bond donors (Lipinski definition) is 3. The molecule has 0 bridgehead atoms. The summed E-state index contributed by atoms with van der Waals surface area (Å²) >= 11 is 0. The number of hydrogen-bond acceptors (Lipinski definition) is 7. The summed E-state index contributed by atoms with van der Waals surface area (Å²) in [7, 11) is 3.42. The molecule has 1 saturated heterocycles. The molecule has 0 atom stereocenters. The minimum absolute atomic E-state index is 0.342. The molecule has 0 radical (unpaired) electrons. The molecule has 9 nitrogen and oxygen atoms in total. The normalized spacial score (nSPS) is 13.2. The number of amides is 2. The van der Waals surface area contributed by atoms with Gasteiger partial charge in [-0.2, -0.15) is 0 Å². The number of aromatic nitrogens is 2. The van der Waals surface area contributed by atoms with Gasteiger partial charge in [0.05, 0.1) is 12.8 Å². The fraction of sp³-hybridized carbons (Fsp3) is 0.292. The summed E-state index contributed by atoms with van der Waals surface area (Å²) in [6.45, 7) is 2.05. The fourth-order valence-corrected chi connectivity index (χ4v) is 3.70. The zero-order chi connectivity index (χ0) is 23.0. The molecule has 2 aromatic carbocycles. The number of carbonyl (C=O) groups excluding carboxylic acids is 1. The van der Waals surface area contributed by atoms with Gasteiger partial charge in [0.1, 0.15) is 23.6 Å². The highest BCUT2D eigenvalue weighted by atomic mass is 16.5. The highest BCUT2D eigenvalue weighted by molar-refractivity contribution is 6.00. The van der Waals surface area contributed by atoms with E-state index in [1.165, 1.54) is 25.6 Å². The van der Waals surface area contributed by atoms with Crippen LogP contribution in [0.2, 0.25) is 0 Å². The summed E-state index contributed by atoms with van der Waals surface area (Å²) in [6, 6.07) is 14.1. The molecule has 0 aliphatic carbocycles. The molecule has 0 unspecified atom stereocenters. The van der Waals surface area contributed by atoms with E-state index in [9.17, 15) is 4.79 Å². The molecule has 0 saturated carbocycles. The van der Waals surface area contributed by atoms with Crippen molar-refractivity contribution < 1.29 is 14.3 Å². The van der Waals surface area contributed by atoms with Crippen LogP contribution in [0.25, 0.3) is 0 Å². The first-order chi connectivity index (χ1) is 16.1. The lowest BCUT2D eigenvalue weighted by molar-refractivity contribution is 0.262. The Morgan fingerprint density at radius 2 is 1.67 bits per heavy atom. The smallest absolute Gasteiger partial charge is 0.323 e. The monoisotopic (exact) mass is 448 g/mol. The molecular formula is C24H28N6O3. The van der Waals surface area contributed by atoms with Crippen molar-refractivity contribution in [1.29, 1.82) is 0 Å². The molecule has 3 aromatic rings. The van der Waals surface area contributed by atoms with E-state index in [0.29, 0.717) is 28.8 Å². The fourth-order valence-electron chi connectivity index (χ4n) is 3.70. The van der Waals surface area contributed by atoms with Gasteiger partial charge in [-0.05, 0) is 55.7 Å². The van der Waals surface area contributed by atoms with Crippen LogP contribution in [0.1, 0.15) is 19.3 Å². The second-order valence-electron chi connectivity index (χ2n) is 7.63. The molecule has 2 amide bonds. The summed E-state index contributed by atoms with van der Waals surface area (Å²) in [6.07, 6.45) is 5.07. The van der Waals surface area contributed by atoms with E-state index in [4.69, 9.17) is 9.47 Å². The number of rotatable bonds is 7. The van der Waals surface area contributed by atoms with E-state index >= 15 is 0 Å². The van der Waals surface area contributed by atoms with Crippen LogP contribution in [-0.2, 0) is 0 Å². The van der Waals surface area contributed by atoms with Crippen LogP contribution < -0.4 is 30.3 Å². The zero-order valence-corrected chi connectivity index (χ0v) is 18.8. The van der Waals surface area contributed by atoms with Crippen molar-refractivity contribution in [1.82, 2.24) is 9.97 Å². The Hall–Kier alpha value is -4.01. The topological polar surface area (TPSA) is 101 Å². The summed E-state index contributed by atoms with van der Waals surface area (Å²) in [4.78, 5) is 23.0. The lowest BCUT2D eigenvalue weighted by Gasteiger charge is -2.30. The van der Waals surface area contributed by atoms with Crippen molar-refractivity contribution >= 4 is 28.9 Å². The van der Waals surface area contributed by atoms with Crippen molar-refractivity contribution in [3.05, 3.63) is 54.9 Å². The van der Waals surface area contributed by atoms with Crippen molar-refractivity contribution in [2.45, 2.75) is 19.3 Å². The van der Waals surface area contributed by atoms with E-state index in [-0.39, 0.29) is 6.03 Å². The predicted molar refractivity (Wildman–Crippen MR) is 130 cm³/mol. The zero-order valence-electron chi connectivity index (χ0n) is 18.8. The first kappa shape index (κ1) is 22.2. The highest BCUT2D eigenvalue weighted by Gasteiger charge is 2.16. The van der Waals surface area contributed by atoms with Gasteiger partial charge in [0, 0.05) is 43.6 Å². The number of benzene rings is 2. The summed E-state index contributed by atoms with van der Waals surface area (Å²) in [5, 5.41) is 8.62. The van der Waals surface area contributed by atoms with Crippen LogP contribution in [0.3, 0.4) is 0 Å². The van der Waals surface area contributed by atoms with Gasteiger partial charge in [0.15, 0.2) is 0 Å². The Bertz CT molecular complexity index is 1080. The molecule has 1 fully saturated rings. The van der Waals surface area contributed by atoms with Crippen LogP contribution >= 0.6 is 0 Å². The largest absolute Gasteiger partial charge is 0.495 e. The molecule has 1 aliphatic heterocycles. The van der Waals surface area contributed by atoms with Gasteiger partial charge in [-0.1, -0.05) is 0 Å². The van der Waals surface area contributed by atoms with Crippen LogP contribution in [0.4, 0.5) is 27.7 Å². The van der Waals surface area contributed by atoms with E-state index in [1.54, 1.807) is 44.5 Å². The SMILES string of the molecule is CNc1cc(Oc2ccc(NC(=O)Nc3ccc(N4CCCCC4)c(OC)c3)cc2)ncn1. The number of methoxy groups -OCH3 is 1.